The Balaban J connectivity index is 1.11. The fourth-order valence-corrected chi connectivity index (χ4v) is 7.11. The average molecular weight is 641 g/mol. The first kappa shape index (κ1) is 28.2. The Morgan fingerprint density at radius 1 is 0.460 bits per heavy atom. The summed E-state index contributed by atoms with van der Waals surface area (Å²) < 4.78 is 8.81. The third-order valence-electron chi connectivity index (χ3n) is 9.48. The van der Waals surface area contributed by atoms with Gasteiger partial charge in [0.1, 0.15) is 17.0 Å². The molecule has 0 bridgehead atoms. The van der Waals surface area contributed by atoms with Crippen LogP contribution in [0.3, 0.4) is 0 Å². The van der Waals surface area contributed by atoms with Crippen molar-refractivity contribution in [3.63, 3.8) is 0 Å². The summed E-state index contributed by atoms with van der Waals surface area (Å²) in [7, 11) is 0. The van der Waals surface area contributed by atoms with E-state index in [2.05, 4.69) is 125 Å². The van der Waals surface area contributed by atoms with Crippen molar-refractivity contribution in [2.45, 2.75) is 0 Å². The highest BCUT2D eigenvalue weighted by Crippen LogP contribution is 2.41. The highest BCUT2D eigenvalue weighted by molar-refractivity contribution is 6.19. The molecule has 10 aromatic rings. The zero-order valence-electron chi connectivity index (χ0n) is 26.9. The molecule has 0 saturated carbocycles. The molecule has 0 N–H and O–H groups in total. The third kappa shape index (κ3) is 4.60. The second-order valence-electron chi connectivity index (χ2n) is 12.5. The van der Waals surface area contributed by atoms with Gasteiger partial charge in [-0.25, -0.2) is 9.97 Å². The number of aromatic nitrogens is 4. The minimum absolute atomic E-state index is 0.844. The Bertz CT molecular complexity index is 2850. The first-order valence-electron chi connectivity index (χ1n) is 16.7. The molecule has 0 fully saturated rings. The molecule has 0 saturated heterocycles. The summed E-state index contributed by atoms with van der Waals surface area (Å²) in [5, 5.41) is 4.37. The molecule has 50 heavy (non-hydrogen) atoms. The van der Waals surface area contributed by atoms with Gasteiger partial charge < -0.3 is 4.42 Å². The number of furan rings is 1. The topological polar surface area (TPSA) is 56.7 Å². The highest BCUT2D eigenvalue weighted by atomic mass is 16.3. The number of hydrogen-bond acceptors (Lipinski definition) is 4. The summed E-state index contributed by atoms with van der Waals surface area (Å²) in [5.74, 6) is 0.923. The molecule has 5 nitrogen and oxygen atoms in total. The maximum absolute atomic E-state index is 6.56. The zero-order valence-corrected chi connectivity index (χ0v) is 26.9. The van der Waals surface area contributed by atoms with Crippen LogP contribution < -0.4 is 0 Å². The molecule has 6 aromatic carbocycles. The normalized spacial score (nSPS) is 11.6. The van der Waals surface area contributed by atoms with Crippen LogP contribution in [0.25, 0.3) is 94.6 Å². The summed E-state index contributed by atoms with van der Waals surface area (Å²) >= 11 is 0. The lowest BCUT2D eigenvalue weighted by Gasteiger charge is -2.12. The molecule has 0 unspecified atom stereocenters. The molecule has 0 spiro atoms. The fourth-order valence-electron chi connectivity index (χ4n) is 7.11. The molecule has 10 rings (SSSR count). The van der Waals surface area contributed by atoms with Gasteiger partial charge >= 0.3 is 0 Å². The first-order valence-corrected chi connectivity index (χ1v) is 16.7. The Kier molecular flexibility index (Phi) is 6.42. The number of rotatable bonds is 5. The molecule has 5 heteroatoms. The Morgan fingerprint density at radius 3 is 2.06 bits per heavy atom. The molecular weight excluding hydrogens is 613 g/mol. The van der Waals surface area contributed by atoms with E-state index >= 15 is 0 Å². The predicted molar refractivity (Wildman–Crippen MR) is 203 cm³/mol. The Morgan fingerprint density at radius 2 is 1.20 bits per heavy atom. The van der Waals surface area contributed by atoms with Gasteiger partial charge in [0.25, 0.3) is 0 Å². The molecule has 4 heterocycles. The number of fused-ring (bicyclic) bond motifs is 6. The smallest absolute Gasteiger partial charge is 0.145 e. The number of benzene rings is 6. The van der Waals surface area contributed by atoms with Gasteiger partial charge in [0.05, 0.1) is 28.1 Å². The van der Waals surface area contributed by atoms with Crippen LogP contribution in [0.2, 0.25) is 0 Å². The molecule has 0 aliphatic carbocycles. The van der Waals surface area contributed by atoms with E-state index in [1.165, 1.54) is 0 Å². The van der Waals surface area contributed by atoms with Crippen LogP contribution in [0.4, 0.5) is 0 Å². The fraction of sp³-hybridized carbons (Fsp3) is 0. The number of nitrogens with zero attached hydrogens (tertiary/aromatic N) is 4. The van der Waals surface area contributed by atoms with Gasteiger partial charge in [-0.2, -0.15) is 0 Å². The largest absolute Gasteiger partial charge is 0.455 e. The molecule has 0 aliphatic rings. The second-order valence-corrected chi connectivity index (χ2v) is 12.5. The standard InChI is InChI=1S/C45H28N4O/c1-2-11-30(12-3-1)45-48-41-16-6-7-19-42(41)49(45)32-23-20-29(21-24-32)35-28-37-36-27-31(38-17-10-18-40(47-38)39-15-8-9-26-46-39)22-25-43(36)50-44(37)34-14-5-4-13-33(34)35/h1-28H. The molecule has 0 amide bonds. The minimum Gasteiger partial charge on any atom is -0.455 e. The number of pyridine rings is 2. The molecule has 0 radical (unpaired) electrons. The first-order chi connectivity index (χ1) is 24.8. The van der Waals surface area contributed by atoms with Crippen LogP contribution in [-0.4, -0.2) is 19.5 Å². The Labute approximate surface area is 287 Å². The molecule has 4 aromatic heterocycles. The second kappa shape index (κ2) is 11.4. The molecule has 0 atom stereocenters. The van der Waals surface area contributed by atoms with Gasteiger partial charge in [-0.15, -0.1) is 0 Å². The van der Waals surface area contributed by atoms with Crippen molar-refractivity contribution >= 4 is 43.7 Å². The number of imidazole rings is 1. The SMILES string of the molecule is c1ccc(-c2nc3ccccc3n2-c2ccc(-c3cc4c5cc(-c6cccc(-c7ccccn7)n6)ccc5oc4c4ccccc34)cc2)cc1. The highest BCUT2D eigenvalue weighted by Gasteiger charge is 2.18. The summed E-state index contributed by atoms with van der Waals surface area (Å²) in [4.78, 5) is 14.5. The van der Waals surface area contributed by atoms with Crippen molar-refractivity contribution in [3.8, 4) is 50.8 Å². The Hall–Kier alpha value is -6.85. The summed E-state index contributed by atoms with van der Waals surface area (Å²) in [6, 6.07) is 56.6. The number of hydrogen-bond donors (Lipinski definition) is 0. The van der Waals surface area contributed by atoms with Crippen LogP contribution in [0.1, 0.15) is 0 Å². The maximum Gasteiger partial charge on any atom is 0.145 e. The summed E-state index contributed by atoms with van der Waals surface area (Å²) in [6.45, 7) is 0. The van der Waals surface area contributed by atoms with Crippen LogP contribution >= 0.6 is 0 Å². The van der Waals surface area contributed by atoms with E-state index in [-0.39, 0.29) is 0 Å². The molecule has 234 valence electrons. The monoisotopic (exact) mass is 640 g/mol. The van der Waals surface area contributed by atoms with E-state index in [4.69, 9.17) is 14.4 Å². The van der Waals surface area contributed by atoms with Crippen molar-refractivity contribution in [1.82, 2.24) is 19.5 Å². The van der Waals surface area contributed by atoms with Crippen LogP contribution in [0.5, 0.6) is 0 Å². The third-order valence-corrected chi connectivity index (χ3v) is 9.48. The quantitative estimate of drug-likeness (QED) is 0.188. The van der Waals surface area contributed by atoms with Gasteiger partial charge in [-0.05, 0) is 89.3 Å². The van der Waals surface area contributed by atoms with E-state index in [1.807, 2.05) is 48.5 Å². The molecular formula is C45H28N4O. The lowest BCUT2D eigenvalue weighted by Crippen LogP contribution is -1.97. The van der Waals surface area contributed by atoms with Gasteiger partial charge in [0.15, 0.2) is 0 Å². The number of para-hydroxylation sites is 2. The lowest BCUT2D eigenvalue weighted by atomic mass is 9.95. The van der Waals surface area contributed by atoms with Crippen molar-refractivity contribution in [2.24, 2.45) is 0 Å². The van der Waals surface area contributed by atoms with Crippen molar-refractivity contribution in [2.75, 3.05) is 0 Å². The maximum atomic E-state index is 6.56. The van der Waals surface area contributed by atoms with Crippen LogP contribution in [0.15, 0.2) is 174 Å². The van der Waals surface area contributed by atoms with Gasteiger partial charge in [0, 0.05) is 39.2 Å². The van der Waals surface area contributed by atoms with E-state index in [9.17, 15) is 0 Å². The average Bonchev–Trinajstić information content (AvgIpc) is 3.77. The van der Waals surface area contributed by atoms with E-state index in [0.717, 1.165) is 94.6 Å². The van der Waals surface area contributed by atoms with Crippen molar-refractivity contribution in [3.05, 3.63) is 170 Å². The van der Waals surface area contributed by atoms with Gasteiger partial charge in [-0.1, -0.05) is 91.0 Å². The predicted octanol–water partition coefficient (Wildman–Crippen LogP) is 11.5. The van der Waals surface area contributed by atoms with E-state index < -0.39 is 0 Å². The van der Waals surface area contributed by atoms with Crippen LogP contribution in [-0.2, 0) is 0 Å². The van der Waals surface area contributed by atoms with E-state index in [0.29, 0.717) is 0 Å². The van der Waals surface area contributed by atoms with Crippen molar-refractivity contribution in [1.29, 1.82) is 0 Å². The zero-order chi connectivity index (χ0) is 33.0. The van der Waals surface area contributed by atoms with Crippen molar-refractivity contribution < 1.29 is 4.42 Å². The summed E-state index contributed by atoms with van der Waals surface area (Å²) in [6.07, 6.45) is 1.80. The summed E-state index contributed by atoms with van der Waals surface area (Å²) in [5.41, 5.74) is 11.8. The van der Waals surface area contributed by atoms with Crippen LogP contribution in [0, 0.1) is 0 Å². The van der Waals surface area contributed by atoms with Gasteiger partial charge in [0.2, 0.25) is 0 Å². The lowest BCUT2D eigenvalue weighted by molar-refractivity contribution is 0.673. The molecule has 0 aliphatic heterocycles. The van der Waals surface area contributed by atoms with Gasteiger partial charge in [-0.3, -0.25) is 9.55 Å². The van der Waals surface area contributed by atoms with E-state index in [1.54, 1.807) is 6.20 Å². The minimum atomic E-state index is 0.844.